The lowest BCUT2D eigenvalue weighted by atomic mass is 9.99. The van der Waals surface area contributed by atoms with Gasteiger partial charge in [-0.3, -0.25) is 0 Å². The second kappa shape index (κ2) is 7.71. The van der Waals surface area contributed by atoms with Crippen LogP contribution in [0, 0.1) is 20.8 Å². The summed E-state index contributed by atoms with van der Waals surface area (Å²) in [5.74, 6) is 0. The van der Waals surface area contributed by atoms with Crippen molar-refractivity contribution in [2.24, 2.45) is 0 Å². The van der Waals surface area contributed by atoms with Crippen molar-refractivity contribution in [3.63, 3.8) is 0 Å². The molecule has 114 valence electrons. The second-order valence-electron chi connectivity index (χ2n) is 5.73. The van der Waals surface area contributed by atoms with Gasteiger partial charge in [0.25, 0.3) is 0 Å². The van der Waals surface area contributed by atoms with Crippen LogP contribution in [-0.2, 0) is 12.8 Å². The highest BCUT2D eigenvalue weighted by molar-refractivity contribution is 7.11. The van der Waals surface area contributed by atoms with E-state index in [2.05, 4.69) is 57.3 Å². The molecule has 1 N–H and O–H groups in total. The summed E-state index contributed by atoms with van der Waals surface area (Å²) in [5, 5.41) is 4.95. The van der Waals surface area contributed by atoms with Gasteiger partial charge in [0.1, 0.15) is 0 Å². The molecule has 2 nitrogen and oxygen atoms in total. The molecule has 1 aromatic carbocycles. The van der Waals surface area contributed by atoms with Crippen LogP contribution < -0.4 is 5.32 Å². The molecule has 0 fully saturated rings. The Morgan fingerprint density at radius 3 is 2.52 bits per heavy atom. The lowest BCUT2D eigenvalue weighted by molar-refractivity contribution is 0.503. The summed E-state index contributed by atoms with van der Waals surface area (Å²) in [5.41, 5.74) is 4.00. The maximum Gasteiger partial charge on any atom is 0.0946 e. The van der Waals surface area contributed by atoms with Crippen molar-refractivity contribution in [3.8, 4) is 0 Å². The molecule has 0 saturated carbocycles. The Morgan fingerprint density at radius 1 is 1.14 bits per heavy atom. The highest BCUT2D eigenvalue weighted by Crippen LogP contribution is 2.19. The average molecular weight is 302 g/mol. The van der Waals surface area contributed by atoms with E-state index < -0.39 is 0 Å². The summed E-state index contributed by atoms with van der Waals surface area (Å²) in [7, 11) is 0. The Kier molecular flexibility index (Phi) is 5.95. The minimum absolute atomic E-state index is 0.469. The number of rotatable bonds is 7. The maximum absolute atomic E-state index is 4.70. The van der Waals surface area contributed by atoms with Gasteiger partial charge in [-0.2, -0.15) is 0 Å². The molecular weight excluding hydrogens is 276 g/mol. The van der Waals surface area contributed by atoms with Crippen molar-refractivity contribution in [1.82, 2.24) is 10.3 Å². The van der Waals surface area contributed by atoms with E-state index >= 15 is 0 Å². The fourth-order valence-electron chi connectivity index (χ4n) is 2.51. The Bertz CT molecular complexity index is 555. The number of hydrogen-bond acceptors (Lipinski definition) is 3. The summed E-state index contributed by atoms with van der Waals surface area (Å²) in [6, 6.07) is 9.16. The number of nitrogens with one attached hydrogen (secondary N) is 1. The number of benzene rings is 1. The third-order valence-electron chi connectivity index (χ3n) is 3.90. The average Bonchev–Trinajstić information content (AvgIpc) is 2.77. The van der Waals surface area contributed by atoms with E-state index in [4.69, 9.17) is 4.98 Å². The Balaban J connectivity index is 2.08. The number of aromatic nitrogens is 1. The molecule has 2 aromatic rings. The standard InChI is InChI=1S/C18H26N2S/c1-5-10-19-17(11-16-9-7-6-8-13(16)2)12-18-20-14(3)15(4)21-18/h6-9,17,19H,5,10-12H2,1-4H3. The predicted octanol–water partition coefficient (Wildman–Crippen LogP) is 4.22. The molecule has 1 aromatic heterocycles. The van der Waals surface area contributed by atoms with Crippen molar-refractivity contribution in [2.45, 2.75) is 53.0 Å². The lowest BCUT2D eigenvalue weighted by Gasteiger charge is -2.18. The molecular formula is C18H26N2S. The van der Waals surface area contributed by atoms with Gasteiger partial charge < -0.3 is 5.32 Å². The summed E-state index contributed by atoms with van der Waals surface area (Å²) < 4.78 is 0. The molecule has 21 heavy (non-hydrogen) atoms. The van der Waals surface area contributed by atoms with E-state index in [0.717, 1.165) is 19.4 Å². The van der Waals surface area contributed by atoms with Gasteiger partial charge in [-0.15, -0.1) is 11.3 Å². The SMILES string of the molecule is CCCNC(Cc1nc(C)c(C)s1)Cc1ccccc1C. The normalized spacial score (nSPS) is 12.6. The summed E-state index contributed by atoms with van der Waals surface area (Å²) in [6.45, 7) is 9.75. The first-order valence-corrected chi connectivity index (χ1v) is 8.62. The van der Waals surface area contributed by atoms with E-state index in [1.807, 2.05) is 11.3 Å². The molecule has 0 saturated heterocycles. The molecule has 0 aliphatic carbocycles. The largest absolute Gasteiger partial charge is 0.313 e. The van der Waals surface area contributed by atoms with Crippen LogP contribution in [0.3, 0.4) is 0 Å². The van der Waals surface area contributed by atoms with Gasteiger partial charge in [-0.25, -0.2) is 4.98 Å². The van der Waals surface area contributed by atoms with Crippen LogP contribution in [0.4, 0.5) is 0 Å². The van der Waals surface area contributed by atoms with Gasteiger partial charge in [-0.1, -0.05) is 31.2 Å². The zero-order valence-corrected chi connectivity index (χ0v) is 14.4. The van der Waals surface area contributed by atoms with Crippen LogP contribution in [-0.4, -0.2) is 17.6 Å². The van der Waals surface area contributed by atoms with Crippen molar-refractivity contribution >= 4 is 11.3 Å². The number of aryl methyl sites for hydroxylation is 3. The molecule has 0 spiro atoms. The molecule has 0 amide bonds. The van der Waals surface area contributed by atoms with Crippen LogP contribution in [0.15, 0.2) is 24.3 Å². The molecule has 2 rings (SSSR count). The van der Waals surface area contributed by atoms with E-state index in [-0.39, 0.29) is 0 Å². The zero-order chi connectivity index (χ0) is 15.2. The van der Waals surface area contributed by atoms with Crippen LogP contribution >= 0.6 is 11.3 Å². The van der Waals surface area contributed by atoms with Gasteiger partial charge in [0.2, 0.25) is 0 Å². The Labute approximate surface area is 132 Å². The van der Waals surface area contributed by atoms with Gasteiger partial charge >= 0.3 is 0 Å². The topological polar surface area (TPSA) is 24.9 Å². The summed E-state index contributed by atoms with van der Waals surface area (Å²) >= 11 is 1.84. The first-order valence-electron chi connectivity index (χ1n) is 7.81. The third-order valence-corrected chi connectivity index (χ3v) is 5.00. The molecule has 0 bridgehead atoms. The van der Waals surface area contributed by atoms with Crippen LogP contribution in [0.5, 0.6) is 0 Å². The highest BCUT2D eigenvalue weighted by atomic mass is 32.1. The monoisotopic (exact) mass is 302 g/mol. The molecule has 1 unspecified atom stereocenters. The first-order chi connectivity index (χ1) is 10.1. The minimum Gasteiger partial charge on any atom is -0.313 e. The number of hydrogen-bond donors (Lipinski definition) is 1. The van der Waals surface area contributed by atoms with Gasteiger partial charge in [0, 0.05) is 17.3 Å². The fraction of sp³-hybridized carbons (Fsp3) is 0.500. The van der Waals surface area contributed by atoms with Crippen molar-refractivity contribution in [1.29, 1.82) is 0 Å². The zero-order valence-electron chi connectivity index (χ0n) is 13.6. The molecule has 0 aliphatic rings. The van der Waals surface area contributed by atoms with Gasteiger partial charge in [0.05, 0.1) is 10.7 Å². The summed E-state index contributed by atoms with van der Waals surface area (Å²) in [4.78, 5) is 6.04. The number of nitrogens with zero attached hydrogens (tertiary/aromatic N) is 1. The van der Waals surface area contributed by atoms with E-state index in [1.54, 1.807) is 0 Å². The molecule has 0 radical (unpaired) electrons. The first kappa shape index (κ1) is 16.2. The van der Waals surface area contributed by atoms with Crippen molar-refractivity contribution in [2.75, 3.05) is 6.54 Å². The maximum atomic E-state index is 4.70. The predicted molar refractivity (Wildman–Crippen MR) is 92.3 cm³/mol. The van der Waals surface area contributed by atoms with Crippen LogP contribution in [0.25, 0.3) is 0 Å². The highest BCUT2D eigenvalue weighted by Gasteiger charge is 2.14. The molecule has 1 atom stereocenters. The molecule has 1 heterocycles. The van der Waals surface area contributed by atoms with Crippen LogP contribution in [0.1, 0.15) is 40.1 Å². The quantitative estimate of drug-likeness (QED) is 0.828. The van der Waals surface area contributed by atoms with Gasteiger partial charge in [-0.05, 0) is 51.3 Å². The molecule has 3 heteroatoms. The third kappa shape index (κ3) is 4.65. The van der Waals surface area contributed by atoms with E-state index in [1.165, 1.54) is 33.1 Å². The summed E-state index contributed by atoms with van der Waals surface area (Å²) in [6.07, 6.45) is 3.26. The smallest absolute Gasteiger partial charge is 0.0946 e. The number of thiazole rings is 1. The Hall–Kier alpha value is -1.19. The van der Waals surface area contributed by atoms with Crippen LogP contribution in [0.2, 0.25) is 0 Å². The molecule has 0 aliphatic heterocycles. The fourth-order valence-corrected chi connectivity index (χ4v) is 3.52. The Morgan fingerprint density at radius 2 is 1.90 bits per heavy atom. The lowest BCUT2D eigenvalue weighted by Crippen LogP contribution is -2.34. The second-order valence-corrected chi connectivity index (χ2v) is 7.02. The minimum atomic E-state index is 0.469. The van der Waals surface area contributed by atoms with Gasteiger partial charge in [0.15, 0.2) is 0 Å². The van der Waals surface area contributed by atoms with E-state index in [9.17, 15) is 0 Å². The van der Waals surface area contributed by atoms with Crippen molar-refractivity contribution < 1.29 is 0 Å². The van der Waals surface area contributed by atoms with Crippen molar-refractivity contribution in [3.05, 3.63) is 51.0 Å². The van der Waals surface area contributed by atoms with E-state index in [0.29, 0.717) is 6.04 Å².